The Labute approximate surface area is 202 Å². The molecule has 0 fully saturated rings. The monoisotopic (exact) mass is 479 g/mol. The van der Waals surface area contributed by atoms with E-state index in [9.17, 15) is 4.79 Å². The average Bonchev–Trinajstić information content (AvgIpc) is 3.48. The van der Waals surface area contributed by atoms with E-state index < -0.39 is 6.09 Å². The summed E-state index contributed by atoms with van der Waals surface area (Å²) >= 11 is 6.27. The van der Waals surface area contributed by atoms with Crippen LogP contribution in [0.1, 0.15) is 29.3 Å². The van der Waals surface area contributed by atoms with Crippen LogP contribution >= 0.6 is 11.6 Å². The Bertz CT molecular complexity index is 1300. The molecule has 2 aromatic carbocycles. The van der Waals surface area contributed by atoms with E-state index in [1.165, 1.54) is 7.11 Å². The first-order chi connectivity index (χ1) is 16.6. The van der Waals surface area contributed by atoms with Gasteiger partial charge in [0.2, 0.25) is 0 Å². The Hall–Kier alpha value is -3.65. The zero-order chi connectivity index (χ0) is 23.7. The molecule has 0 bridgehead atoms. The number of fused-ring (bicyclic) bond motifs is 3. The van der Waals surface area contributed by atoms with Gasteiger partial charge in [-0.1, -0.05) is 23.7 Å². The number of rotatable bonds is 6. The fourth-order valence-electron chi connectivity index (χ4n) is 4.70. The maximum absolute atomic E-state index is 12.7. The number of aromatic nitrogens is 3. The Morgan fingerprint density at radius 3 is 2.79 bits per heavy atom. The lowest BCUT2D eigenvalue weighted by atomic mass is 9.92. The number of amides is 1. The second-order valence-corrected chi connectivity index (χ2v) is 8.72. The molecule has 1 aliphatic rings. The van der Waals surface area contributed by atoms with Crippen molar-refractivity contribution in [3.63, 3.8) is 0 Å². The van der Waals surface area contributed by atoms with E-state index in [1.807, 2.05) is 53.2 Å². The van der Waals surface area contributed by atoms with Crippen molar-refractivity contribution < 1.29 is 14.3 Å². The number of carbonyl (C=O) groups excluding carboxylic acids is 1. The number of imidazole rings is 1. The molecule has 5 rings (SSSR count). The summed E-state index contributed by atoms with van der Waals surface area (Å²) in [6.45, 7) is 1.96. The second kappa shape index (κ2) is 9.30. The van der Waals surface area contributed by atoms with Crippen molar-refractivity contribution in [2.45, 2.75) is 25.4 Å². The van der Waals surface area contributed by atoms with Gasteiger partial charge in [0.25, 0.3) is 0 Å². The third-order valence-corrected chi connectivity index (χ3v) is 6.51. The molecule has 0 saturated heterocycles. The topological polar surface area (TPSA) is 87.5 Å². The first-order valence-electron chi connectivity index (χ1n) is 11.2. The standard InChI is InChI=1S/C25H26ClN5O3/c1-33-25(32)30-12-9-20-21-15-18(26)5-8-22(21)31(27)24(20)23(30)17-3-6-19(7-4-17)34-14-2-11-29-13-10-28-16-29/h3-8,10,13,15-16,23H,2,9,11-12,14,27H2,1H3. The van der Waals surface area contributed by atoms with Crippen molar-refractivity contribution in [1.82, 2.24) is 19.1 Å². The maximum Gasteiger partial charge on any atom is 0.410 e. The molecular formula is C25H26ClN5O3. The van der Waals surface area contributed by atoms with Gasteiger partial charge in [0, 0.05) is 35.9 Å². The molecule has 0 aliphatic carbocycles. The van der Waals surface area contributed by atoms with Crippen LogP contribution in [-0.2, 0) is 17.7 Å². The van der Waals surface area contributed by atoms with Crippen LogP contribution in [-0.4, -0.2) is 45.5 Å². The van der Waals surface area contributed by atoms with Crippen LogP contribution < -0.4 is 10.6 Å². The van der Waals surface area contributed by atoms with Gasteiger partial charge in [-0.15, -0.1) is 0 Å². The number of benzene rings is 2. The van der Waals surface area contributed by atoms with E-state index in [4.69, 9.17) is 26.9 Å². The van der Waals surface area contributed by atoms with Crippen molar-refractivity contribution in [1.29, 1.82) is 0 Å². The minimum absolute atomic E-state index is 0.386. The average molecular weight is 480 g/mol. The maximum atomic E-state index is 12.7. The second-order valence-electron chi connectivity index (χ2n) is 8.28. The molecule has 1 atom stereocenters. The van der Waals surface area contributed by atoms with Gasteiger partial charge < -0.3 is 19.9 Å². The number of hydrogen-bond acceptors (Lipinski definition) is 5. The van der Waals surface area contributed by atoms with Crippen LogP contribution in [0, 0.1) is 0 Å². The number of carbonyl (C=O) groups is 1. The number of halogens is 1. The SMILES string of the molecule is COC(=O)N1CCc2c(n(N)c3ccc(Cl)cc23)C1c1ccc(OCCCn2ccnc2)cc1. The van der Waals surface area contributed by atoms with Gasteiger partial charge in [-0.2, -0.15) is 0 Å². The van der Waals surface area contributed by atoms with E-state index in [0.29, 0.717) is 24.6 Å². The predicted molar refractivity (Wildman–Crippen MR) is 131 cm³/mol. The molecule has 2 N–H and O–H groups in total. The lowest BCUT2D eigenvalue weighted by Crippen LogP contribution is -2.42. The van der Waals surface area contributed by atoms with Crippen LogP contribution in [0.2, 0.25) is 5.02 Å². The number of ether oxygens (including phenoxy) is 2. The zero-order valence-corrected chi connectivity index (χ0v) is 19.6. The normalized spacial score (nSPS) is 15.4. The first kappa shape index (κ1) is 22.2. The summed E-state index contributed by atoms with van der Waals surface area (Å²) in [7, 11) is 1.40. The molecule has 0 saturated carbocycles. The summed E-state index contributed by atoms with van der Waals surface area (Å²) in [6, 6.07) is 13.1. The minimum atomic E-state index is -0.390. The molecule has 34 heavy (non-hydrogen) atoms. The summed E-state index contributed by atoms with van der Waals surface area (Å²) in [5, 5.41) is 1.67. The quantitative estimate of drug-likeness (QED) is 0.327. The number of aryl methyl sites for hydroxylation is 1. The van der Waals surface area contributed by atoms with Gasteiger partial charge >= 0.3 is 6.09 Å². The highest BCUT2D eigenvalue weighted by atomic mass is 35.5. The summed E-state index contributed by atoms with van der Waals surface area (Å²) < 4.78 is 14.7. The largest absolute Gasteiger partial charge is 0.494 e. The molecular weight excluding hydrogens is 454 g/mol. The first-order valence-corrected chi connectivity index (χ1v) is 11.6. The summed E-state index contributed by atoms with van der Waals surface area (Å²) in [5.74, 6) is 7.33. The highest BCUT2D eigenvalue weighted by molar-refractivity contribution is 6.31. The molecule has 8 nitrogen and oxygen atoms in total. The predicted octanol–water partition coefficient (Wildman–Crippen LogP) is 4.39. The number of methoxy groups -OCH3 is 1. The van der Waals surface area contributed by atoms with E-state index in [1.54, 1.807) is 22.1 Å². The molecule has 4 aromatic rings. The zero-order valence-electron chi connectivity index (χ0n) is 18.9. The van der Waals surface area contributed by atoms with Crippen LogP contribution in [0.5, 0.6) is 5.75 Å². The Morgan fingerprint density at radius 1 is 1.24 bits per heavy atom. The summed E-state index contributed by atoms with van der Waals surface area (Å²) in [6.07, 6.45) is 6.65. The van der Waals surface area contributed by atoms with Crippen molar-refractivity contribution in [2.24, 2.45) is 0 Å². The number of nitrogens with zero attached hydrogens (tertiary/aromatic N) is 4. The Balaban J connectivity index is 1.42. The number of hydrogen-bond donors (Lipinski definition) is 1. The number of nitrogens with two attached hydrogens (primary N) is 1. The van der Waals surface area contributed by atoms with Gasteiger partial charge in [0.1, 0.15) is 11.8 Å². The molecule has 176 valence electrons. The molecule has 1 amide bonds. The van der Waals surface area contributed by atoms with Crippen molar-refractivity contribution in [3.8, 4) is 5.75 Å². The van der Waals surface area contributed by atoms with E-state index in [-0.39, 0.29) is 6.04 Å². The molecule has 1 unspecified atom stereocenters. The number of nitrogen functional groups attached to an aromatic ring is 1. The highest BCUT2D eigenvalue weighted by Gasteiger charge is 2.37. The fraction of sp³-hybridized carbons (Fsp3) is 0.280. The van der Waals surface area contributed by atoms with E-state index in [2.05, 4.69) is 4.98 Å². The van der Waals surface area contributed by atoms with E-state index in [0.717, 1.165) is 46.4 Å². The summed E-state index contributed by atoms with van der Waals surface area (Å²) in [5.41, 5.74) is 3.77. The lowest BCUT2D eigenvalue weighted by Gasteiger charge is -2.35. The molecule has 1 aliphatic heterocycles. The van der Waals surface area contributed by atoms with Gasteiger partial charge in [0.05, 0.1) is 31.3 Å². The van der Waals surface area contributed by atoms with Crippen molar-refractivity contribution >= 4 is 28.6 Å². The molecule has 3 heterocycles. The molecule has 2 aromatic heterocycles. The Kier molecular flexibility index (Phi) is 6.06. The molecule has 0 radical (unpaired) electrons. The van der Waals surface area contributed by atoms with Crippen LogP contribution in [0.25, 0.3) is 10.9 Å². The van der Waals surface area contributed by atoms with Gasteiger partial charge in [0.15, 0.2) is 0 Å². The third-order valence-electron chi connectivity index (χ3n) is 6.28. The van der Waals surface area contributed by atoms with Crippen molar-refractivity contribution in [2.75, 3.05) is 26.1 Å². The Morgan fingerprint density at radius 2 is 2.06 bits per heavy atom. The van der Waals surface area contributed by atoms with Crippen LogP contribution in [0.3, 0.4) is 0 Å². The van der Waals surface area contributed by atoms with E-state index >= 15 is 0 Å². The van der Waals surface area contributed by atoms with Crippen LogP contribution in [0.15, 0.2) is 61.2 Å². The third kappa shape index (κ3) is 4.05. The fourth-order valence-corrected chi connectivity index (χ4v) is 4.87. The minimum Gasteiger partial charge on any atom is -0.494 e. The molecule has 9 heteroatoms. The highest BCUT2D eigenvalue weighted by Crippen LogP contribution is 2.40. The summed E-state index contributed by atoms with van der Waals surface area (Å²) in [4.78, 5) is 18.4. The van der Waals surface area contributed by atoms with Gasteiger partial charge in [-0.25, -0.2) is 9.78 Å². The van der Waals surface area contributed by atoms with Gasteiger partial charge in [-0.3, -0.25) is 9.58 Å². The molecule has 0 spiro atoms. The van der Waals surface area contributed by atoms with Crippen molar-refractivity contribution in [3.05, 3.63) is 83.0 Å². The van der Waals surface area contributed by atoms with Crippen LogP contribution in [0.4, 0.5) is 4.79 Å². The van der Waals surface area contributed by atoms with Gasteiger partial charge in [-0.05, 0) is 54.3 Å². The smallest absolute Gasteiger partial charge is 0.410 e. The lowest BCUT2D eigenvalue weighted by molar-refractivity contribution is 0.108.